The van der Waals surface area contributed by atoms with Gasteiger partial charge >= 0.3 is 0 Å². The van der Waals surface area contributed by atoms with Crippen LogP contribution in [-0.2, 0) is 6.54 Å². The topological polar surface area (TPSA) is 139 Å². The maximum Gasteiger partial charge on any atom is 0.223 e. The van der Waals surface area contributed by atoms with Crippen LogP contribution in [0.2, 0.25) is 5.15 Å². The van der Waals surface area contributed by atoms with E-state index >= 15 is 0 Å². The number of rotatable bonds is 6. The molecule has 4 N–H and O–H groups in total. The Morgan fingerprint density at radius 2 is 2.21 bits per heavy atom. The van der Waals surface area contributed by atoms with Gasteiger partial charge in [-0.05, 0) is 13.8 Å². The Morgan fingerprint density at radius 3 is 2.90 bits per heavy atom. The van der Waals surface area contributed by atoms with Crippen molar-refractivity contribution in [2.24, 2.45) is 10.7 Å². The number of nitrogens with zero attached hydrogens (tertiary/aromatic N) is 6. The Balaban J connectivity index is 1.94. The Kier molecular flexibility index (Phi) is 6.03. The number of hydrogen-bond donors (Lipinski definition) is 2. The summed E-state index contributed by atoms with van der Waals surface area (Å²) in [5.74, 6) is 1.82. The fourth-order valence-corrected chi connectivity index (χ4v) is 3.87. The number of hydrogen-bond acceptors (Lipinski definition) is 8. The number of aliphatic imine (C=N–C) groups is 1. The van der Waals surface area contributed by atoms with E-state index in [4.69, 9.17) is 33.1 Å². The standard InChI is InChI=1S/C19H23ClN8O/c1-10-6-24-13(11(2)16(10)29-3)9-28-8-12(7-25-14(22)4-5-21)15-17(20)26-19(23)27-18(15)28/h6,12H,4,7-9H2,1-3H3,(H2,22,25)(H2,23,26,27). The van der Waals surface area contributed by atoms with Crippen LogP contribution in [0, 0.1) is 25.2 Å². The van der Waals surface area contributed by atoms with Crippen molar-refractivity contribution in [3.8, 4) is 11.8 Å². The molecule has 1 atom stereocenters. The third-order valence-electron chi connectivity index (χ3n) is 4.91. The number of nitrogens with two attached hydrogens (primary N) is 2. The molecule has 0 aliphatic carbocycles. The van der Waals surface area contributed by atoms with Crippen molar-refractivity contribution in [3.05, 3.63) is 33.7 Å². The van der Waals surface area contributed by atoms with E-state index in [0.717, 1.165) is 28.1 Å². The molecule has 1 unspecified atom stereocenters. The van der Waals surface area contributed by atoms with Crippen molar-refractivity contribution in [3.63, 3.8) is 0 Å². The number of ether oxygens (including phenoxy) is 1. The van der Waals surface area contributed by atoms with E-state index in [2.05, 4.69) is 24.8 Å². The highest BCUT2D eigenvalue weighted by atomic mass is 35.5. The number of nitriles is 1. The van der Waals surface area contributed by atoms with E-state index < -0.39 is 0 Å². The molecule has 3 heterocycles. The van der Waals surface area contributed by atoms with Crippen molar-refractivity contribution in [2.45, 2.75) is 32.7 Å². The van der Waals surface area contributed by atoms with Gasteiger partial charge in [0.2, 0.25) is 5.95 Å². The Morgan fingerprint density at radius 1 is 1.45 bits per heavy atom. The quantitative estimate of drug-likeness (QED) is 0.416. The van der Waals surface area contributed by atoms with E-state index in [9.17, 15) is 0 Å². The summed E-state index contributed by atoms with van der Waals surface area (Å²) >= 11 is 6.39. The molecular formula is C19H23ClN8O. The molecule has 0 saturated carbocycles. The predicted octanol–water partition coefficient (Wildman–Crippen LogP) is 2.11. The normalized spacial score (nSPS) is 15.9. The molecule has 9 nitrogen and oxygen atoms in total. The first-order chi connectivity index (χ1) is 13.8. The highest BCUT2D eigenvalue weighted by Crippen LogP contribution is 2.40. The van der Waals surface area contributed by atoms with Gasteiger partial charge in [0.25, 0.3) is 0 Å². The van der Waals surface area contributed by atoms with Gasteiger partial charge in [0.15, 0.2) is 0 Å². The maximum atomic E-state index is 8.76. The van der Waals surface area contributed by atoms with Gasteiger partial charge < -0.3 is 21.1 Å². The maximum absolute atomic E-state index is 8.76. The molecule has 10 heteroatoms. The average molecular weight is 415 g/mol. The van der Waals surface area contributed by atoms with Gasteiger partial charge in [-0.2, -0.15) is 10.2 Å². The summed E-state index contributed by atoms with van der Waals surface area (Å²) in [6.45, 7) is 5.44. The molecule has 0 bridgehead atoms. The zero-order valence-corrected chi connectivity index (χ0v) is 17.4. The summed E-state index contributed by atoms with van der Waals surface area (Å²) in [6, 6.07) is 1.99. The highest BCUT2D eigenvalue weighted by molar-refractivity contribution is 6.30. The molecule has 0 amide bonds. The molecule has 0 radical (unpaired) electrons. The van der Waals surface area contributed by atoms with Crippen LogP contribution in [0.15, 0.2) is 11.2 Å². The second-order valence-electron chi connectivity index (χ2n) is 6.90. The lowest BCUT2D eigenvalue weighted by Gasteiger charge is -2.21. The van der Waals surface area contributed by atoms with Crippen molar-refractivity contribution >= 4 is 29.2 Å². The summed E-state index contributed by atoms with van der Waals surface area (Å²) in [5.41, 5.74) is 15.2. The van der Waals surface area contributed by atoms with Gasteiger partial charge in [-0.25, -0.2) is 4.98 Å². The van der Waals surface area contributed by atoms with Crippen molar-refractivity contribution in [2.75, 3.05) is 30.8 Å². The Bertz CT molecular complexity index is 1000. The van der Waals surface area contributed by atoms with Crippen LogP contribution >= 0.6 is 11.6 Å². The number of pyridine rings is 1. The summed E-state index contributed by atoms with van der Waals surface area (Å²) in [7, 11) is 1.65. The molecule has 0 spiro atoms. The number of fused-ring (bicyclic) bond motifs is 1. The van der Waals surface area contributed by atoms with Gasteiger partial charge in [-0.3, -0.25) is 9.98 Å². The molecule has 0 saturated heterocycles. The fourth-order valence-electron chi connectivity index (χ4n) is 3.55. The first-order valence-electron chi connectivity index (χ1n) is 9.08. The minimum Gasteiger partial charge on any atom is -0.496 e. The second kappa shape index (κ2) is 8.49. The molecule has 2 aromatic rings. The van der Waals surface area contributed by atoms with E-state index in [0.29, 0.717) is 36.4 Å². The second-order valence-corrected chi connectivity index (χ2v) is 7.26. The van der Waals surface area contributed by atoms with Gasteiger partial charge in [0, 0.05) is 41.9 Å². The summed E-state index contributed by atoms with van der Waals surface area (Å²) in [5, 5.41) is 9.07. The van der Waals surface area contributed by atoms with Crippen LogP contribution in [-0.4, -0.2) is 41.0 Å². The van der Waals surface area contributed by atoms with Crippen molar-refractivity contribution < 1.29 is 4.74 Å². The minimum atomic E-state index is -0.0667. The summed E-state index contributed by atoms with van der Waals surface area (Å²) in [4.78, 5) is 19.5. The fraction of sp³-hybridized carbons (Fsp3) is 0.421. The average Bonchev–Trinajstić information content (AvgIpc) is 3.01. The summed E-state index contributed by atoms with van der Waals surface area (Å²) < 4.78 is 5.51. The SMILES string of the molecule is COc1c(C)cnc(CN2CC(CN=C(N)CC#N)c3c(Cl)nc(N)nc32)c1C. The summed E-state index contributed by atoms with van der Waals surface area (Å²) in [6.07, 6.45) is 1.88. The third kappa shape index (κ3) is 4.17. The molecule has 1 aliphatic heterocycles. The number of nitrogen functional groups attached to an aromatic ring is 1. The Labute approximate surface area is 174 Å². The van der Waals surface area contributed by atoms with Crippen LogP contribution in [0.25, 0.3) is 0 Å². The number of aromatic nitrogens is 3. The van der Waals surface area contributed by atoms with E-state index in [1.807, 2.05) is 19.9 Å². The first kappa shape index (κ1) is 20.6. The number of halogens is 1. The largest absolute Gasteiger partial charge is 0.496 e. The number of anilines is 2. The molecule has 0 fully saturated rings. The monoisotopic (exact) mass is 414 g/mol. The van der Waals surface area contributed by atoms with Gasteiger partial charge in [-0.1, -0.05) is 11.6 Å². The van der Waals surface area contributed by atoms with Gasteiger partial charge in [0.05, 0.1) is 31.8 Å². The lowest BCUT2D eigenvalue weighted by molar-refractivity contribution is 0.406. The minimum absolute atomic E-state index is 0.0667. The molecule has 2 aromatic heterocycles. The van der Waals surface area contributed by atoms with Crippen LogP contribution in [0.4, 0.5) is 11.8 Å². The van der Waals surface area contributed by atoms with E-state index in [-0.39, 0.29) is 18.3 Å². The Hall–Kier alpha value is -3.12. The van der Waals surface area contributed by atoms with Crippen LogP contribution in [0.5, 0.6) is 5.75 Å². The number of methoxy groups -OCH3 is 1. The highest BCUT2D eigenvalue weighted by Gasteiger charge is 2.34. The van der Waals surface area contributed by atoms with Crippen molar-refractivity contribution in [1.29, 1.82) is 5.26 Å². The zero-order chi connectivity index (χ0) is 21.1. The molecular weight excluding hydrogens is 392 g/mol. The lowest BCUT2D eigenvalue weighted by atomic mass is 10.1. The van der Waals surface area contributed by atoms with E-state index in [1.165, 1.54) is 0 Å². The smallest absolute Gasteiger partial charge is 0.223 e. The van der Waals surface area contributed by atoms with Gasteiger partial charge in [-0.15, -0.1) is 0 Å². The number of amidine groups is 1. The first-order valence-corrected chi connectivity index (χ1v) is 9.46. The molecule has 1 aliphatic rings. The van der Waals surface area contributed by atoms with Crippen LogP contribution in [0.1, 0.15) is 34.7 Å². The predicted molar refractivity (Wildman–Crippen MR) is 112 cm³/mol. The van der Waals surface area contributed by atoms with Crippen molar-refractivity contribution in [1.82, 2.24) is 15.0 Å². The molecule has 3 rings (SSSR count). The molecule has 152 valence electrons. The number of aryl methyl sites for hydroxylation is 1. The molecule has 0 aromatic carbocycles. The van der Waals surface area contributed by atoms with Crippen LogP contribution < -0.4 is 21.1 Å². The third-order valence-corrected chi connectivity index (χ3v) is 5.20. The molecule has 29 heavy (non-hydrogen) atoms. The van der Waals surface area contributed by atoms with E-state index in [1.54, 1.807) is 13.3 Å². The zero-order valence-electron chi connectivity index (χ0n) is 16.6. The lowest BCUT2D eigenvalue weighted by Crippen LogP contribution is -2.24. The van der Waals surface area contributed by atoms with Crippen LogP contribution in [0.3, 0.4) is 0 Å². The van der Waals surface area contributed by atoms with Gasteiger partial charge in [0.1, 0.15) is 22.6 Å².